The van der Waals surface area contributed by atoms with Gasteiger partial charge in [-0.15, -0.1) is 11.3 Å². The zero-order chi connectivity index (χ0) is 16.9. The van der Waals surface area contributed by atoms with E-state index < -0.39 is 12.1 Å². The molecule has 0 aliphatic carbocycles. The van der Waals surface area contributed by atoms with Gasteiger partial charge in [0.25, 0.3) is 0 Å². The van der Waals surface area contributed by atoms with E-state index in [9.17, 15) is 9.90 Å². The zero-order valence-electron chi connectivity index (χ0n) is 13.4. The number of aliphatic hydroxyl groups is 1. The predicted octanol–water partition coefficient (Wildman–Crippen LogP) is 2.63. The molecule has 1 atom stereocenters. The molecule has 1 unspecified atom stereocenters. The van der Waals surface area contributed by atoms with E-state index in [0.717, 1.165) is 25.9 Å². The van der Waals surface area contributed by atoms with Gasteiger partial charge in [0, 0.05) is 18.0 Å². The molecule has 1 aromatic heterocycles. The second-order valence-corrected chi connectivity index (χ2v) is 7.00. The molecule has 2 N–H and O–H groups in total. The number of aryl methyl sites for hydroxylation is 1. The van der Waals surface area contributed by atoms with Gasteiger partial charge in [-0.2, -0.15) is 0 Å². The first kappa shape index (κ1) is 17.0. The molecule has 2 aromatic rings. The fourth-order valence-corrected chi connectivity index (χ4v) is 3.85. The number of carbonyl (C=O) groups is 1. The van der Waals surface area contributed by atoms with Crippen LogP contribution in [0.25, 0.3) is 0 Å². The average Bonchev–Trinajstić information content (AvgIpc) is 2.92. The number of aliphatic hydroxyl groups excluding tert-OH is 1. The number of benzene rings is 1. The van der Waals surface area contributed by atoms with Crippen molar-refractivity contribution < 1.29 is 19.7 Å². The van der Waals surface area contributed by atoms with Gasteiger partial charge < -0.3 is 14.9 Å². The average molecular weight is 347 g/mol. The molecule has 3 rings (SSSR count). The number of aromatic carboxylic acids is 1. The van der Waals surface area contributed by atoms with Gasteiger partial charge in [0.05, 0.1) is 5.56 Å². The zero-order valence-corrected chi connectivity index (χ0v) is 14.2. The molecule has 0 saturated carbocycles. The Morgan fingerprint density at radius 2 is 2.08 bits per heavy atom. The van der Waals surface area contributed by atoms with E-state index in [1.54, 1.807) is 12.1 Å². The third-order valence-electron chi connectivity index (χ3n) is 4.12. The molecule has 0 amide bonds. The van der Waals surface area contributed by atoms with Gasteiger partial charge in [0.15, 0.2) is 0 Å². The number of carboxylic acid groups (broad SMARTS) is 1. The van der Waals surface area contributed by atoms with Crippen molar-refractivity contribution in [2.45, 2.75) is 25.5 Å². The Kier molecular flexibility index (Phi) is 5.50. The normalized spacial score (nSPS) is 16.2. The molecule has 1 aromatic carbocycles. The summed E-state index contributed by atoms with van der Waals surface area (Å²) in [5, 5.41) is 21.2. The molecule has 5 nitrogen and oxygen atoms in total. The Balaban J connectivity index is 1.48. The molecular weight excluding hydrogens is 326 g/mol. The highest BCUT2D eigenvalue weighted by Crippen LogP contribution is 2.23. The lowest BCUT2D eigenvalue weighted by Gasteiger charge is -2.23. The molecule has 0 fully saturated rings. The van der Waals surface area contributed by atoms with Crippen LogP contribution < -0.4 is 4.74 Å². The van der Waals surface area contributed by atoms with Crippen LogP contribution >= 0.6 is 11.3 Å². The number of nitrogens with zero attached hydrogens (tertiary/aromatic N) is 1. The van der Waals surface area contributed by atoms with Crippen molar-refractivity contribution in [3.8, 4) is 5.75 Å². The summed E-state index contributed by atoms with van der Waals surface area (Å²) < 4.78 is 5.56. The van der Waals surface area contributed by atoms with Crippen LogP contribution in [0.3, 0.4) is 0 Å². The highest BCUT2D eigenvalue weighted by atomic mass is 32.1. The van der Waals surface area contributed by atoms with Gasteiger partial charge in [-0.05, 0) is 60.7 Å². The molecule has 1 aliphatic rings. The lowest BCUT2D eigenvalue weighted by atomic mass is 10.2. The number of hydrogen-bond donors (Lipinski definition) is 2. The maximum absolute atomic E-state index is 10.8. The number of hydrogen-bond acceptors (Lipinski definition) is 5. The highest BCUT2D eigenvalue weighted by Gasteiger charge is 2.18. The first-order valence-corrected chi connectivity index (χ1v) is 8.91. The first-order chi connectivity index (χ1) is 11.6. The van der Waals surface area contributed by atoms with Crippen molar-refractivity contribution in [3.63, 3.8) is 0 Å². The SMILES string of the molecule is O=C(O)c1ccc(OCC(O)CN2CCCc3sccc3C2)cc1. The van der Waals surface area contributed by atoms with Crippen LogP contribution in [-0.2, 0) is 13.0 Å². The lowest BCUT2D eigenvalue weighted by Crippen LogP contribution is -2.35. The Morgan fingerprint density at radius 1 is 1.29 bits per heavy atom. The van der Waals surface area contributed by atoms with Crippen LogP contribution in [0, 0.1) is 0 Å². The summed E-state index contributed by atoms with van der Waals surface area (Å²) in [6.07, 6.45) is 1.65. The van der Waals surface area contributed by atoms with E-state index in [4.69, 9.17) is 9.84 Å². The van der Waals surface area contributed by atoms with Crippen LogP contribution in [-0.4, -0.2) is 46.9 Å². The largest absolute Gasteiger partial charge is 0.491 e. The van der Waals surface area contributed by atoms with Crippen molar-refractivity contribution in [2.75, 3.05) is 19.7 Å². The van der Waals surface area contributed by atoms with E-state index in [2.05, 4.69) is 16.3 Å². The van der Waals surface area contributed by atoms with Crippen LogP contribution in [0.2, 0.25) is 0 Å². The molecule has 6 heteroatoms. The van der Waals surface area contributed by atoms with Crippen molar-refractivity contribution >= 4 is 17.3 Å². The molecule has 0 bridgehead atoms. The van der Waals surface area contributed by atoms with Gasteiger partial charge >= 0.3 is 5.97 Å². The van der Waals surface area contributed by atoms with Gasteiger partial charge in [-0.25, -0.2) is 4.79 Å². The fourth-order valence-electron chi connectivity index (χ4n) is 2.90. The summed E-state index contributed by atoms with van der Waals surface area (Å²) >= 11 is 1.81. The van der Waals surface area contributed by atoms with Gasteiger partial charge in [-0.3, -0.25) is 4.90 Å². The standard InChI is InChI=1S/C18H21NO4S/c20-15(12-23-16-5-3-13(4-6-16)18(21)22)11-19-8-1-2-17-14(10-19)7-9-24-17/h3-7,9,15,20H,1-2,8,10-12H2,(H,21,22). The molecule has 0 spiro atoms. The minimum atomic E-state index is -0.962. The van der Waals surface area contributed by atoms with Crippen LogP contribution in [0.5, 0.6) is 5.75 Å². The predicted molar refractivity (Wildman–Crippen MR) is 92.8 cm³/mol. The molecule has 0 saturated heterocycles. The van der Waals surface area contributed by atoms with Crippen LogP contribution in [0.4, 0.5) is 0 Å². The number of fused-ring (bicyclic) bond motifs is 1. The molecule has 0 radical (unpaired) electrons. The van der Waals surface area contributed by atoms with Crippen molar-refractivity contribution in [1.82, 2.24) is 4.90 Å². The summed E-state index contributed by atoms with van der Waals surface area (Å²) in [6, 6.07) is 8.39. The van der Waals surface area contributed by atoms with E-state index >= 15 is 0 Å². The third kappa shape index (κ3) is 4.35. The van der Waals surface area contributed by atoms with E-state index in [1.165, 1.54) is 22.6 Å². The third-order valence-corrected chi connectivity index (χ3v) is 5.15. The quantitative estimate of drug-likeness (QED) is 0.841. The Morgan fingerprint density at radius 3 is 2.83 bits per heavy atom. The van der Waals surface area contributed by atoms with Gasteiger partial charge in [0.2, 0.25) is 0 Å². The maximum atomic E-state index is 10.8. The summed E-state index contributed by atoms with van der Waals surface area (Å²) in [5.41, 5.74) is 1.59. The second-order valence-electron chi connectivity index (χ2n) is 6.00. The number of ether oxygens (including phenoxy) is 1. The van der Waals surface area contributed by atoms with Crippen LogP contribution in [0.15, 0.2) is 35.7 Å². The second kappa shape index (κ2) is 7.79. The van der Waals surface area contributed by atoms with E-state index in [1.807, 2.05) is 11.3 Å². The van der Waals surface area contributed by atoms with Gasteiger partial charge in [-0.1, -0.05) is 0 Å². The Hall–Kier alpha value is -1.89. The summed E-state index contributed by atoms with van der Waals surface area (Å²) in [7, 11) is 0. The Bertz CT molecular complexity index is 683. The van der Waals surface area contributed by atoms with E-state index in [-0.39, 0.29) is 12.2 Å². The van der Waals surface area contributed by atoms with Crippen molar-refractivity contribution in [1.29, 1.82) is 0 Å². The van der Waals surface area contributed by atoms with Crippen molar-refractivity contribution in [2.24, 2.45) is 0 Å². The summed E-state index contributed by atoms with van der Waals surface area (Å²) in [6.45, 7) is 2.62. The fraction of sp³-hybridized carbons (Fsp3) is 0.389. The smallest absolute Gasteiger partial charge is 0.335 e. The summed E-state index contributed by atoms with van der Waals surface area (Å²) in [5.74, 6) is -0.398. The highest BCUT2D eigenvalue weighted by molar-refractivity contribution is 7.10. The van der Waals surface area contributed by atoms with E-state index in [0.29, 0.717) is 12.3 Å². The molecule has 128 valence electrons. The van der Waals surface area contributed by atoms with Crippen molar-refractivity contribution in [3.05, 3.63) is 51.7 Å². The van der Waals surface area contributed by atoms with Crippen LogP contribution in [0.1, 0.15) is 27.2 Å². The number of thiophene rings is 1. The molecule has 1 aliphatic heterocycles. The molecular formula is C18H21NO4S. The summed E-state index contributed by atoms with van der Waals surface area (Å²) in [4.78, 5) is 14.5. The topological polar surface area (TPSA) is 70.0 Å². The molecule has 24 heavy (non-hydrogen) atoms. The minimum Gasteiger partial charge on any atom is -0.491 e. The Labute approximate surface area is 145 Å². The lowest BCUT2D eigenvalue weighted by molar-refractivity contribution is 0.0658. The number of β-amino-alcohol motifs (C(OH)–C–C–N with tert-alkyl or cyclic N) is 1. The number of rotatable bonds is 6. The maximum Gasteiger partial charge on any atom is 0.335 e. The monoisotopic (exact) mass is 347 g/mol. The van der Waals surface area contributed by atoms with Gasteiger partial charge in [0.1, 0.15) is 18.5 Å². The number of carboxylic acids is 1. The minimum absolute atomic E-state index is 0.194. The molecule has 2 heterocycles. The first-order valence-electron chi connectivity index (χ1n) is 8.03.